The molecule has 0 bridgehead atoms. The molecule has 1 saturated carbocycles. The fraction of sp³-hybridized carbons (Fsp3) is 0.600. The van der Waals surface area contributed by atoms with Crippen LogP contribution in [0.4, 0.5) is 5.69 Å². The summed E-state index contributed by atoms with van der Waals surface area (Å²) >= 11 is 1.48. The number of amidine groups is 1. The van der Waals surface area contributed by atoms with Crippen LogP contribution in [0, 0.1) is 19.8 Å². The lowest BCUT2D eigenvalue weighted by molar-refractivity contribution is -0.129. The normalized spacial score (nSPS) is 29.4. The highest BCUT2D eigenvalue weighted by molar-refractivity contribution is 8.15. The highest BCUT2D eigenvalue weighted by Gasteiger charge is 2.50. The van der Waals surface area contributed by atoms with Gasteiger partial charge in [0.05, 0.1) is 18.1 Å². The van der Waals surface area contributed by atoms with Crippen LogP contribution in [-0.2, 0) is 4.79 Å². The molecule has 1 amide bonds. The zero-order chi connectivity index (χ0) is 20.4. The number of aliphatic hydroxyl groups excluding tert-OH is 2. The van der Waals surface area contributed by atoms with E-state index >= 15 is 0 Å². The van der Waals surface area contributed by atoms with E-state index in [2.05, 4.69) is 21.7 Å². The van der Waals surface area contributed by atoms with Gasteiger partial charge in [-0.1, -0.05) is 17.8 Å². The number of carbonyl (C=O) groups excluding carboxylic acids is 1. The molecule has 0 radical (unpaired) electrons. The third-order valence-corrected chi connectivity index (χ3v) is 6.47. The molecule has 0 aromatic heterocycles. The van der Waals surface area contributed by atoms with Crippen molar-refractivity contribution in [3.63, 3.8) is 0 Å². The largest absolute Gasteiger partial charge is 0.390 e. The molecule has 1 aliphatic heterocycles. The van der Waals surface area contributed by atoms with Crippen molar-refractivity contribution in [3.8, 4) is 0 Å². The van der Waals surface area contributed by atoms with Gasteiger partial charge in [-0.05, 0) is 57.6 Å². The van der Waals surface area contributed by atoms with E-state index in [-0.39, 0.29) is 17.6 Å². The minimum atomic E-state index is -0.957. The standard InChI is InChI=1S/C20H30N4O3S/c1-11-7-12(2)9-13(8-11)22-20-23-16-17(26)15(25)10-14(18(16)28-20)19(27)21-5-6-24(3)4/h7-9,14-18,25-26H,5-6,10H2,1-4H3,(H,21,27)(H,22,23). The third-order valence-electron chi connectivity index (χ3n) is 5.15. The van der Waals surface area contributed by atoms with Crippen LogP contribution in [0.5, 0.6) is 0 Å². The van der Waals surface area contributed by atoms with Crippen molar-refractivity contribution >= 4 is 28.5 Å². The Bertz CT molecular complexity index is 735. The van der Waals surface area contributed by atoms with Crippen LogP contribution in [0.1, 0.15) is 17.5 Å². The Balaban J connectivity index is 1.71. The van der Waals surface area contributed by atoms with Gasteiger partial charge in [0.25, 0.3) is 0 Å². The Morgan fingerprint density at radius 1 is 1.25 bits per heavy atom. The van der Waals surface area contributed by atoms with Gasteiger partial charge >= 0.3 is 0 Å². The molecule has 8 heteroatoms. The zero-order valence-electron chi connectivity index (χ0n) is 16.8. The van der Waals surface area contributed by atoms with Crippen LogP contribution in [0.3, 0.4) is 0 Å². The van der Waals surface area contributed by atoms with Gasteiger partial charge < -0.3 is 25.7 Å². The summed E-state index contributed by atoms with van der Waals surface area (Å²) < 4.78 is 0. The molecule has 0 spiro atoms. The molecule has 0 saturated heterocycles. The van der Waals surface area contributed by atoms with Gasteiger partial charge in [-0.15, -0.1) is 0 Å². The fourth-order valence-electron chi connectivity index (χ4n) is 3.81. The summed E-state index contributed by atoms with van der Waals surface area (Å²) in [7, 11) is 3.91. The Labute approximate surface area is 170 Å². The van der Waals surface area contributed by atoms with Crippen LogP contribution in [0.15, 0.2) is 23.2 Å². The summed E-state index contributed by atoms with van der Waals surface area (Å²) in [6, 6.07) is 5.68. The van der Waals surface area contributed by atoms with Crippen molar-refractivity contribution in [1.82, 2.24) is 10.2 Å². The molecule has 1 aliphatic carbocycles. The SMILES string of the molecule is Cc1cc(C)cc(NC2=NC3C(O)C(O)CC(C(=O)NCCN(C)C)C3S2)c1. The van der Waals surface area contributed by atoms with Crippen molar-refractivity contribution in [2.75, 3.05) is 32.5 Å². The summed E-state index contributed by atoms with van der Waals surface area (Å²) in [5, 5.41) is 27.5. The second kappa shape index (κ2) is 8.82. The Hall–Kier alpha value is -1.61. The molecular formula is C20H30N4O3S. The summed E-state index contributed by atoms with van der Waals surface area (Å²) in [5.41, 5.74) is 3.23. The predicted molar refractivity (Wildman–Crippen MR) is 114 cm³/mol. The minimum Gasteiger partial charge on any atom is -0.390 e. The first-order valence-electron chi connectivity index (χ1n) is 9.63. The van der Waals surface area contributed by atoms with Crippen LogP contribution in [0.2, 0.25) is 0 Å². The van der Waals surface area contributed by atoms with E-state index in [1.807, 2.05) is 45.0 Å². The van der Waals surface area contributed by atoms with Crippen molar-refractivity contribution in [2.45, 2.75) is 43.8 Å². The topological polar surface area (TPSA) is 97.2 Å². The molecule has 7 nitrogen and oxygen atoms in total. The quantitative estimate of drug-likeness (QED) is 0.582. The van der Waals surface area contributed by atoms with E-state index < -0.39 is 24.2 Å². The second-order valence-electron chi connectivity index (χ2n) is 8.00. The van der Waals surface area contributed by atoms with Gasteiger partial charge in [0, 0.05) is 24.0 Å². The molecule has 2 aliphatic rings. The van der Waals surface area contributed by atoms with Gasteiger partial charge in [0.15, 0.2) is 5.17 Å². The lowest BCUT2D eigenvalue weighted by Crippen LogP contribution is -2.54. The molecule has 5 unspecified atom stereocenters. The van der Waals surface area contributed by atoms with E-state index in [4.69, 9.17) is 0 Å². The number of likely N-dealkylation sites (N-methyl/N-ethyl adjacent to an activating group) is 1. The number of fused-ring (bicyclic) bond motifs is 1. The number of aliphatic imine (C=N–C) groups is 1. The average Bonchev–Trinajstić information content (AvgIpc) is 3.00. The minimum absolute atomic E-state index is 0.0850. The zero-order valence-corrected chi connectivity index (χ0v) is 17.7. The lowest BCUT2D eigenvalue weighted by atomic mass is 9.81. The van der Waals surface area contributed by atoms with Crippen molar-refractivity contribution in [3.05, 3.63) is 29.3 Å². The maximum Gasteiger partial charge on any atom is 0.224 e. The van der Waals surface area contributed by atoms with Gasteiger partial charge in [0.1, 0.15) is 6.10 Å². The van der Waals surface area contributed by atoms with Crippen molar-refractivity contribution < 1.29 is 15.0 Å². The number of aliphatic hydroxyl groups is 2. The Morgan fingerprint density at radius 3 is 2.57 bits per heavy atom. The molecule has 1 fully saturated rings. The Morgan fingerprint density at radius 2 is 1.93 bits per heavy atom. The highest BCUT2D eigenvalue weighted by atomic mass is 32.2. The summed E-state index contributed by atoms with van der Waals surface area (Å²) in [6.07, 6.45) is -1.66. The summed E-state index contributed by atoms with van der Waals surface area (Å²) in [4.78, 5) is 19.3. The lowest BCUT2D eigenvalue weighted by Gasteiger charge is -2.37. The predicted octanol–water partition coefficient (Wildman–Crippen LogP) is 0.975. The van der Waals surface area contributed by atoms with Gasteiger partial charge in [-0.2, -0.15) is 0 Å². The molecule has 3 rings (SSSR count). The molecule has 4 N–H and O–H groups in total. The maximum absolute atomic E-state index is 12.7. The molecule has 154 valence electrons. The van der Waals surface area contributed by atoms with Crippen LogP contribution >= 0.6 is 11.8 Å². The van der Waals surface area contributed by atoms with E-state index in [0.717, 1.165) is 23.4 Å². The highest BCUT2D eigenvalue weighted by Crippen LogP contribution is 2.41. The van der Waals surface area contributed by atoms with Crippen molar-refractivity contribution in [2.24, 2.45) is 10.9 Å². The number of hydrogen-bond acceptors (Lipinski definition) is 7. The van der Waals surface area contributed by atoms with E-state index in [0.29, 0.717) is 11.7 Å². The number of thioether (sulfide) groups is 1. The first kappa shape index (κ1) is 21.1. The van der Waals surface area contributed by atoms with Crippen LogP contribution < -0.4 is 10.6 Å². The summed E-state index contributed by atoms with van der Waals surface area (Å²) in [6.45, 7) is 5.38. The number of carbonyl (C=O) groups is 1. The van der Waals surface area contributed by atoms with Gasteiger partial charge in [0.2, 0.25) is 5.91 Å². The van der Waals surface area contributed by atoms with E-state index in [1.165, 1.54) is 11.8 Å². The molecular weight excluding hydrogens is 376 g/mol. The third kappa shape index (κ3) is 4.86. The number of anilines is 1. The van der Waals surface area contributed by atoms with Crippen molar-refractivity contribution in [1.29, 1.82) is 0 Å². The number of nitrogens with zero attached hydrogens (tertiary/aromatic N) is 2. The smallest absolute Gasteiger partial charge is 0.224 e. The number of hydrogen-bond donors (Lipinski definition) is 4. The average molecular weight is 407 g/mol. The Kier molecular flexibility index (Phi) is 6.65. The number of benzene rings is 1. The van der Waals surface area contributed by atoms with E-state index in [1.54, 1.807) is 0 Å². The molecule has 1 aromatic rings. The second-order valence-corrected chi connectivity index (χ2v) is 9.17. The molecule has 1 heterocycles. The fourth-order valence-corrected chi connectivity index (χ4v) is 5.19. The van der Waals surface area contributed by atoms with E-state index in [9.17, 15) is 15.0 Å². The maximum atomic E-state index is 12.7. The number of aryl methyl sites for hydroxylation is 2. The number of nitrogens with one attached hydrogen (secondary N) is 2. The number of rotatable bonds is 5. The van der Waals surface area contributed by atoms with Crippen LogP contribution in [0.25, 0.3) is 0 Å². The molecule has 28 heavy (non-hydrogen) atoms. The van der Waals surface area contributed by atoms with Gasteiger partial charge in [-0.3, -0.25) is 9.79 Å². The first-order valence-corrected chi connectivity index (χ1v) is 10.5. The molecule has 1 aromatic carbocycles. The summed E-state index contributed by atoms with van der Waals surface area (Å²) in [5.74, 6) is -0.476. The first-order chi connectivity index (χ1) is 13.2. The monoisotopic (exact) mass is 406 g/mol. The van der Waals surface area contributed by atoms with Gasteiger partial charge in [-0.25, -0.2) is 0 Å². The number of amides is 1. The van der Waals surface area contributed by atoms with Crippen LogP contribution in [-0.4, -0.2) is 76.9 Å². The molecule has 5 atom stereocenters.